The van der Waals surface area contributed by atoms with Gasteiger partial charge in [-0.05, 0) is 42.3 Å². The number of pyridine rings is 1. The van der Waals surface area contributed by atoms with Crippen molar-refractivity contribution in [3.63, 3.8) is 0 Å². The van der Waals surface area contributed by atoms with E-state index in [0.29, 0.717) is 32.7 Å². The van der Waals surface area contributed by atoms with E-state index in [4.69, 9.17) is 11.6 Å². The summed E-state index contributed by atoms with van der Waals surface area (Å²) in [5.74, 6) is 0.377. The molecule has 0 radical (unpaired) electrons. The van der Waals surface area contributed by atoms with Gasteiger partial charge < -0.3 is 10.6 Å². The highest BCUT2D eigenvalue weighted by Crippen LogP contribution is 2.19. The number of aryl methyl sites for hydroxylation is 1. The number of halogens is 1. The lowest BCUT2D eigenvalue weighted by atomic mass is 10.2. The van der Waals surface area contributed by atoms with Crippen molar-refractivity contribution in [2.24, 2.45) is 0 Å². The lowest BCUT2D eigenvalue weighted by molar-refractivity contribution is 0.0954. The van der Waals surface area contributed by atoms with Crippen LogP contribution in [0, 0.1) is 6.92 Å². The van der Waals surface area contributed by atoms with E-state index in [2.05, 4.69) is 15.6 Å². The average molecular weight is 470 g/mol. The first-order valence-corrected chi connectivity index (χ1v) is 11.0. The Balaban J connectivity index is 1.64. The molecule has 0 saturated carbocycles. The summed E-state index contributed by atoms with van der Waals surface area (Å²) in [7, 11) is 1.77. The number of hydrogen-bond donors (Lipinski definition) is 2. The number of anilines is 1. The van der Waals surface area contributed by atoms with E-state index in [1.807, 2.05) is 12.1 Å². The zero-order valence-corrected chi connectivity index (χ0v) is 19.0. The quantitative estimate of drug-likeness (QED) is 0.452. The molecule has 0 unspecified atom stereocenters. The number of rotatable bonds is 6. The topological polar surface area (TPSA) is 97.5 Å². The molecule has 1 amide bonds. The van der Waals surface area contributed by atoms with Gasteiger partial charge in [-0.3, -0.25) is 18.6 Å². The summed E-state index contributed by atoms with van der Waals surface area (Å²) in [4.78, 5) is 43.5. The Kier molecular flexibility index (Phi) is 6.11. The van der Waals surface area contributed by atoms with Crippen LogP contribution in [0.5, 0.6) is 0 Å². The van der Waals surface area contributed by atoms with Gasteiger partial charge in [-0.15, -0.1) is 11.3 Å². The van der Waals surface area contributed by atoms with Crippen LogP contribution < -0.4 is 21.9 Å². The Labute approximate surface area is 192 Å². The van der Waals surface area contributed by atoms with Crippen LogP contribution >= 0.6 is 22.9 Å². The molecule has 0 bridgehead atoms. The first-order chi connectivity index (χ1) is 15.4. The van der Waals surface area contributed by atoms with E-state index < -0.39 is 5.69 Å². The number of fused-ring (bicyclic) bond motifs is 1. The molecule has 0 saturated heterocycles. The number of carbonyl (C=O) groups is 1. The molecule has 0 spiro atoms. The molecule has 0 aliphatic rings. The molecular weight excluding hydrogens is 450 g/mol. The molecule has 0 aliphatic carbocycles. The summed E-state index contributed by atoms with van der Waals surface area (Å²) in [6.45, 7) is 2.05. The van der Waals surface area contributed by atoms with E-state index in [1.165, 1.54) is 10.6 Å². The van der Waals surface area contributed by atoms with Crippen LogP contribution in [-0.4, -0.2) is 26.9 Å². The van der Waals surface area contributed by atoms with Gasteiger partial charge in [0.25, 0.3) is 11.5 Å². The molecule has 8 nitrogen and oxygen atoms in total. The number of benzene rings is 1. The van der Waals surface area contributed by atoms with E-state index in [0.717, 1.165) is 27.0 Å². The molecule has 164 valence electrons. The van der Waals surface area contributed by atoms with Gasteiger partial charge in [-0.2, -0.15) is 0 Å². The molecule has 32 heavy (non-hydrogen) atoms. The van der Waals surface area contributed by atoms with Gasteiger partial charge in [-0.25, -0.2) is 9.78 Å². The van der Waals surface area contributed by atoms with Crippen LogP contribution in [0.1, 0.15) is 26.4 Å². The normalized spacial score (nSPS) is 11.0. The van der Waals surface area contributed by atoms with Crippen molar-refractivity contribution in [3.8, 4) is 0 Å². The fourth-order valence-corrected chi connectivity index (χ4v) is 4.53. The second kappa shape index (κ2) is 8.97. The fraction of sp³-hybridized carbons (Fsp3) is 0.182. The summed E-state index contributed by atoms with van der Waals surface area (Å²) < 4.78 is 2.51. The molecule has 0 fully saturated rings. The second-order valence-corrected chi connectivity index (χ2v) is 8.65. The zero-order chi connectivity index (χ0) is 22.8. The van der Waals surface area contributed by atoms with Gasteiger partial charge in [0.1, 0.15) is 15.5 Å². The third-order valence-corrected chi connectivity index (χ3v) is 6.42. The summed E-state index contributed by atoms with van der Waals surface area (Å²) in [6, 6.07) is 10.6. The van der Waals surface area contributed by atoms with Crippen LogP contribution in [0.25, 0.3) is 4.83 Å². The molecular formula is C22H20ClN5O3S. The Morgan fingerprint density at radius 2 is 2.00 bits per heavy atom. The van der Waals surface area contributed by atoms with Crippen molar-refractivity contribution in [3.05, 3.63) is 96.2 Å². The monoisotopic (exact) mass is 469 g/mol. The predicted molar refractivity (Wildman–Crippen MR) is 126 cm³/mol. The highest BCUT2D eigenvalue weighted by atomic mass is 35.5. The number of hydrogen-bond acceptors (Lipinski definition) is 6. The molecule has 0 aliphatic heterocycles. The molecule has 2 N–H and O–H groups in total. The van der Waals surface area contributed by atoms with Gasteiger partial charge in [0.2, 0.25) is 0 Å². The number of amides is 1. The second-order valence-electron chi connectivity index (χ2n) is 7.18. The Bertz CT molecular complexity index is 1440. The Hall–Kier alpha value is -3.43. The van der Waals surface area contributed by atoms with Crippen molar-refractivity contribution < 1.29 is 4.79 Å². The summed E-state index contributed by atoms with van der Waals surface area (Å²) >= 11 is 7.14. The van der Waals surface area contributed by atoms with E-state index >= 15 is 0 Å². The molecule has 1 aromatic carbocycles. The summed E-state index contributed by atoms with van der Waals surface area (Å²) in [5, 5.41) is 6.32. The molecule has 3 heterocycles. The van der Waals surface area contributed by atoms with Crippen LogP contribution in [0.3, 0.4) is 0 Å². The third-order valence-electron chi connectivity index (χ3n) is 4.98. The SMILES string of the molecule is CNc1cc(CNC(=O)c2cn3c(=O)n(Cc4cccc(Cl)c4)c(=O)c(C)c3s2)ccn1. The van der Waals surface area contributed by atoms with Gasteiger partial charge >= 0.3 is 5.69 Å². The minimum absolute atomic E-state index is 0.0925. The highest BCUT2D eigenvalue weighted by Gasteiger charge is 2.17. The number of carbonyl (C=O) groups excluding carboxylic acids is 1. The Morgan fingerprint density at radius 1 is 1.19 bits per heavy atom. The van der Waals surface area contributed by atoms with Gasteiger partial charge in [0.05, 0.1) is 6.54 Å². The standard InChI is InChI=1S/C22H20ClN5O3S/c1-13-20(30)27(11-15-4-3-5-16(23)8-15)22(31)28-12-17(32-21(13)28)19(29)26-10-14-6-7-25-18(9-14)24-2/h3-9,12H,10-11H2,1-2H3,(H,24,25)(H,26,29). The number of aromatic nitrogens is 3. The van der Waals surface area contributed by atoms with Crippen molar-refractivity contribution in [2.75, 3.05) is 12.4 Å². The van der Waals surface area contributed by atoms with Crippen LogP contribution in [-0.2, 0) is 13.1 Å². The van der Waals surface area contributed by atoms with Gasteiger partial charge in [0, 0.05) is 36.6 Å². The first kappa shape index (κ1) is 21.8. The number of thiazole rings is 1. The van der Waals surface area contributed by atoms with E-state index in [-0.39, 0.29) is 18.0 Å². The summed E-state index contributed by atoms with van der Waals surface area (Å²) in [5.41, 5.74) is 1.14. The first-order valence-electron chi connectivity index (χ1n) is 9.78. The summed E-state index contributed by atoms with van der Waals surface area (Å²) in [6.07, 6.45) is 3.13. The number of nitrogens with one attached hydrogen (secondary N) is 2. The highest BCUT2D eigenvalue weighted by molar-refractivity contribution is 7.19. The molecule has 10 heteroatoms. The van der Waals surface area contributed by atoms with Gasteiger partial charge in [-0.1, -0.05) is 23.7 Å². The van der Waals surface area contributed by atoms with Crippen molar-refractivity contribution in [1.82, 2.24) is 19.3 Å². The number of nitrogens with zero attached hydrogens (tertiary/aromatic N) is 3. The van der Waals surface area contributed by atoms with E-state index in [9.17, 15) is 14.4 Å². The Morgan fingerprint density at radius 3 is 2.75 bits per heavy atom. The van der Waals surface area contributed by atoms with Gasteiger partial charge in [0.15, 0.2) is 0 Å². The third kappa shape index (κ3) is 4.30. The molecule has 4 aromatic rings. The molecule has 4 rings (SSSR count). The van der Waals surface area contributed by atoms with Crippen LogP contribution in [0.15, 0.2) is 58.4 Å². The lowest BCUT2D eigenvalue weighted by Gasteiger charge is -2.08. The largest absolute Gasteiger partial charge is 0.373 e. The lowest BCUT2D eigenvalue weighted by Crippen LogP contribution is -2.38. The minimum atomic E-state index is -0.501. The minimum Gasteiger partial charge on any atom is -0.373 e. The van der Waals surface area contributed by atoms with E-state index in [1.54, 1.807) is 44.4 Å². The van der Waals surface area contributed by atoms with Crippen LogP contribution in [0.4, 0.5) is 5.82 Å². The van der Waals surface area contributed by atoms with Crippen molar-refractivity contribution in [2.45, 2.75) is 20.0 Å². The maximum atomic E-state index is 13.0. The smallest absolute Gasteiger partial charge is 0.336 e. The van der Waals surface area contributed by atoms with Crippen molar-refractivity contribution in [1.29, 1.82) is 0 Å². The molecule has 3 aromatic heterocycles. The van der Waals surface area contributed by atoms with Crippen LogP contribution in [0.2, 0.25) is 5.02 Å². The zero-order valence-electron chi connectivity index (χ0n) is 17.4. The fourth-order valence-electron chi connectivity index (χ4n) is 3.32. The molecule has 0 atom stereocenters. The maximum absolute atomic E-state index is 13.0. The maximum Gasteiger partial charge on any atom is 0.336 e. The van der Waals surface area contributed by atoms with Crippen molar-refractivity contribution >= 4 is 39.5 Å². The predicted octanol–water partition coefficient (Wildman–Crippen LogP) is 2.90. The average Bonchev–Trinajstić information content (AvgIpc) is 3.25.